The molecule has 1 unspecified atom stereocenters. The van der Waals surface area contributed by atoms with E-state index in [9.17, 15) is 14.9 Å². The molecule has 1 saturated heterocycles. The number of halogens is 1. The lowest BCUT2D eigenvalue weighted by Crippen LogP contribution is -2.40. The van der Waals surface area contributed by atoms with E-state index in [1.54, 1.807) is 24.3 Å². The van der Waals surface area contributed by atoms with Crippen LogP contribution in [0, 0.1) is 10.1 Å². The second-order valence-corrected chi connectivity index (χ2v) is 7.55. The standard InChI is InChI=1S/C21H24ClN3O5/c1-15(8-9-24-10-12-29-13-11-24)23-21(26)16-2-5-18(6-3-16)30-20-7-4-17(22)14-19(20)25(27)28/h2-7,14-15H,8-13H2,1H3,(H,23,26). The van der Waals surface area contributed by atoms with Crippen LogP contribution >= 0.6 is 11.6 Å². The van der Waals surface area contributed by atoms with Crippen LogP contribution in [-0.2, 0) is 4.74 Å². The molecular weight excluding hydrogens is 410 g/mol. The highest BCUT2D eigenvalue weighted by Crippen LogP contribution is 2.33. The Morgan fingerprint density at radius 3 is 2.63 bits per heavy atom. The smallest absolute Gasteiger partial charge is 0.313 e. The fourth-order valence-electron chi connectivity index (χ4n) is 3.10. The molecule has 8 nitrogen and oxygen atoms in total. The number of ether oxygens (including phenoxy) is 2. The van der Waals surface area contributed by atoms with Gasteiger partial charge >= 0.3 is 5.69 Å². The number of nitro groups is 1. The number of nitrogens with one attached hydrogen (secondary N) is 1. The predicted molar refractivity (Wildman–Crippen MR) is 113 cm³/mol. The second-order valence-electron chi connectivity index (χ2n) is 7.11. The molecule has 2 aromatic rings. The van der Waals surface area contributed by atoms with Crippen molar-refractivity contribution in [2.45, 2.75) is 19.4 Å². The van der Waals surface area contributed by atoms with Gasteiger partial charge in [-0.25, -0.2) is 0 Å². The molecule has 1 amide bonds. The molecule has 160 valence electrons. The first-order chi connectivity index (χ1) is 14.4. The molecule has 0 spiro atoms. The van der Waals surface area contributed by atoms with Crippen LogP contribution in [0.2, 0.25) is 5.02 Å². The Kier molecular flexibility index (Phi) is 7.62. The average molecular weight is 434 g/mol. The third kappa shape index (κ3) is 6.16. The molecule has 0 aromatic heterocycles. The van der Waals surface area contributed by atoms with Crippen molar-refractivity contribution in [3.63, 3.8) is 0 Å². The molecule has 2 aromatic carbocycles. The summed E-state index contributed by atoms with van der Waals surface area (Å²) in [4.78, 5) is 25.4. The lowest BCUT2D eigenvalue weighted by atomic mass is 10.1. The maximum atomic E-state index is 12.5. The fourth-order valence-corrected chi connectivity index (χ4v) is 3.27. The minimum absolute atomic E-state index is 0.0352. The van der Waals surface area contributed by atoms with Crippen molar-refractivity contribution >= 4 is 23.2 Å². The molecule has 3 rings (SSSR count). The van der Waals surface area contributed by atoms with Gasteiger partial charge in [-0.2, -0.15) is 0 Å². The van der Waals surface area contributed by atoms with Crippen LogP contribution < -0.4 is 10.1 Å². The van der Waals surface area contributed by atoms with Crippen molar-refractivity contribution in [1.29, 1.82) is 0 Å². The van der Waals surface area contributed by atoms with Crippen LogP contribution in [0.15, 0.2) is 42.5 Å². The Hall–Kier alpha value is -2.68. The first kappa shape index (κ1) is 22.0. The number of rotatable bonds is 8. The Morgan fingerprint density at radius 1 is 1.27 bits per heavy atom. The zero-order valence-corrected chi connectivity index (χ0v) is 17.4. The maximum absolute atomic E-state index is 12.5. The summed E-state index contributed by atoms with van der Waals surface area (Å²) in [6.07, 6.45) is 0.854. The van der Waals surface area contributed by atoms with Crippen molar-refractivity contribution < 1.29 is 19.2 Å². The van der Waals surface area contributed by atoms with Crippen LogP contribution in [0.5, 0.6) is 11.5 Å². The van der Waals surface area contributed by atoms with Gasteiger partial charge < -0.3 is 14.8 Å². The van der Waals surface area contributed by atoms with Crippen LogP contribution in [0.25, 0.3) is 0 Å². The predicted octanol–water partition coefficient (Wildman–Crippen LogP) is 3.88. The summed E-state index contributed by atoms with van der Waals surface area (Å²) in [7, 11) is 0. The van der Waals surface area contributed by atoms with Crippen molar-refractivity contribution in [1.82, 2.24) is 10.2 Å². The molecule has 1 aliphatic rings. The minimum Gasteiger partial charge on any atom is -0.450 e. The van der Waals surface area contributed by atoms with Crippen LogP contribution in [-0.4, -0.2) is 54.6 Å². The SMILES string of the molecule is CC(CCN1CCOCC1)NC(=O)c1ccc(Oc2ccc(Cl)cc2[N+](=O)[O-])cc1. The van der Waals surface area contributed by atoms with E-state index in [1.165, 1.54) is 18.2 Å². The summed E-state index contributed by atoms with van der Waals surface area (Å²) in [6.45, 7) is 6.26. The highest BCUT2D eigenvalue weighted by molar-refractivity contribution is 6.30. The van der Waals surface area contributed by atoms with Gasteiger partial charge in [-0.05, 0) is 49.7 Å². The molecule has 0 aliphatic carbocycles. The molecule has 9 heteroatoms. The van der Waals surface area contributed by atoms with Gasteiger partial charge in [0.2, 0.25) is 5.75 Å². The van der Waals surface area contributed by atoms with Gasteiger partial charge in [-0.1, -0.05) is 11.6 Å². The van der Waals surface area contributed by atoms with E-state index in [2.05, 4.69) is 10.2 Å². The largest absolute Gasteiger partial charge is 0.450 e. The number of amides is 1. The highest BCUT2D eigenvalue weighted by Gasteiger charge is 2.17. The molecule has 0 bridgehead atoms. The van der Waals surface area contributed by atoms with Gasteiger partial charge in [0.25, 0.3) is 5.91 Å². The summed E-state index contributed by atoms with van der Waals surface area (Å²) in [5.41, 5.74) is 0.268. The zero-order chi connectivity index (χ0) is 21.5. The van der Waals surface area contributed by atoms with E-state index < -0.39 is 4.92 Å². The summed E-state index contributed by atoms with van der Waals surface area (Å²) >= 11 is 5.81. The van der Waals surface area contributed by atoms with Gasteiger partial charge in [0.1, 0.15) is 5.75 Å². The highest BCUT2D eigenvalue weighted by atomic mass is 35.5. The molecule has 1 fully saturated rings. The lowest BCUT2D eigenvalue weighted by molar-refractivity contribution is -0.385. The molecular formula is C21H24ClN3O5. The number of hydrogen-bond acceptors (Lipinski definition) is 6. The van der Waals surface area contributed by atoms with Crippen molar-refractivity contribution in [2.75, 3.05) is 32.8 Å². The molecule has 1 atom stereocenters. The number of morpholine rings is 1. The first-order valence-electron chi connectivity index (χ1n) is 9.75. The normalized spacial score (nSPS) is 15.4. The Bertz CT molecular complexity index is 885. The number of carbonyl (C=O) groups excluding carboxylic acids is 1. The van der Waals surface area contributed by atoms with Gasteiger partial charge in [0, 0.05) is 42.3 Å². The van der Waals surface area contributed by atoms with E-state index in [4.69, 9.17) is 21.1 Å². The summed E-state index contributed by atoms with van der Waals surface area (Å²) < 4.78 is 10.9. The van der Waals surface area contributed by atoms with Crippen LogP contribution in [0.3, 0.4) is 0 Å². The van der Waals surface area contributed by atoms with Crippen molar-refractivity contribution in [3.05, 3.63) is 63.2 Å². The molecule has 30 heavy (non-hydrogen) atoms. The fraction of sp³-hybridized carbons (Fsp3) is 0.381. The van der Waals surface area contributed by atoms with E-state index in [-0.39, 0.29) is 28.4 Å². The topological polar surface area (TPSA) is 93.9 Å². The minimum atomic E-state index is -0.554. The Morgan fingerprint density at radius 2 is 1.97 bits per heavy atom. The number of benzene rings is 2. The number of hydrogen-bond donors (Lipinski definition) is 1. The Balaban J connectivity index is 1.54. The average Bonchev–Trinajstić information content (AvgIpc) is 2.74. The van der Waals surface area contributed by atoms with Gasteiger partial charge in [0.05, 0.1) is 18.1 Å². The maximum Gasteiger partial charge on any atom is 0.313 e. The van der Waals surface area contributed by atoms with Crippen molar-refractivity contribution in [3.8, 4) is 11.5 Å². The zero-order valence-electron chi connectivity index (χ0n) is 16.7. The van der Waals surface area contributed by atoms with Crippen LogP contribution in [0.1, 0.15) is 23.7 Å². The Labute approximate surface area is 179 Å². The molecule has 1 N–H and O–H groups in total. The summed E-state index contributed by atoms with van der Waals surface area (Å²) in [6, 6.07) is 10.7. The quantitative estimate of drug-likeness (QED) is 0.501. The molecule has 1 aliphatic heterocycles. The monoisotopic (exact) mass is 433 g/mol. The summed E-state index contributed by atoms with van der Waals surface area (Å²) in [5, 5.41) is 14.4. The number of nitrogens with zero attached hydrogens (tertiary/aromatic N) is 2. The molecule has 1 heterocycles. The van der Waals surface area contributed by atoms with E-state index in [1.807, 2.05) is 6.92 Å². The third-order valence-electron chi connectivity index (χ3n) is 4.82. The van der Waals surface area contributed by atoms with Gasteiger partial charge in [0.15, 0.2) is 0 Å². The van der Waals surface area contributed by atoms with E-state index >= 15 is 0 Å². The van der Waals surface area contributed by atoms with E-state index in [0.717, 1.165) is 39.3 Å². The number of carbonyl (C=O) groups is 1. The number of nitro benzene ring substituents is 1. The van der Waals surface area contributed by atoms with Crippen molar-refractivity contribution in [2.24, 2.45) is 0 Å². The van der Waals surface area contributed by atoms with Gasteiger partial charge in [-0.15, -0.1) is 0 Å². The molecule has 0 radical (unpaired) electrons. The third-order valence-corrected chi connectivity index (χ3v) is 5.06. The van der Waals surface area contributed by atoms with E-state index in [0.29, 0.717) is 11.3 Å². The lowest BCUT2D eigenvalue weighted by Gasteiger charge is -2.27. The van der Waals surface area contributed by atoms with Crippen LogP contribution in [0.4, 0.5) is 5.69 Å². The second kappa shape index (κ2) is 10.4. The first-order valence-corrected chi connectivity index (χ1v) is 10.1. The molecule has 0 saturated carbocycles. The summed E-state index contributed by atoms with van der Waals surface area (Å²) in [5.74, 6) is 0.296. The van der Waals surface area contributed by atoms with Gasteiger partial charge in [-0.3, -0.25) is 19.8 Å².